The van der Waals surface area contributed by atoms with Crippen molar-refractivity contribution in [1.29, 1.82) is 0 Å². The van der Waals surface area contributed by atoms with Crippen molar-refractivity contribution in [2.75, 3.05) is 20.8 Å². The Bertz CT molecular complexity index is 1080. The largest absolute Gasteiger partial charge is 0.496 e. The maximum Gasteiger partial charge on any atom is 0.296 e. The summed E-state index contributed by atoms with van der Waals surface area (Å²) < 4.78 is 92.3. The van der Waals surface area contributed by atoms with Gasteiger partial charge in [-0.05, 0) is 48.2 Å². The van der Waals surface area contributed by atoms with E-state index >= 15 is 0 Å². The van der Waals surface area contributed by atoms with Gasteiger partial charge >= 0.3 is 0 Å². The summed E-state index contributed by atoms with van der Waals surface area (Å²) in [4.78, 5) is 11.1. The molecular weight excluding hydrogens is 502 g/mol. The molecule has 0 radical (unpaired) electrons. The molecular formula is C27H32F6O4. The summed E-state index contributed by atoms with van der Waals surface area (Å²) in [6, 6.07) is 7.97. The molecule has 1 saturated heterocycles. The van der Waals surface area contributed by atoms with E-state index in [1.165, 1.54) is 50.6 Å². The van der Waals surface area contributed by atoms with Gasteiger partial charge in [0.1, 0.15) is 23.1 Å². The zero-order valence-corrected chi connectivity index (χ0v) is 21.6. The smallest absolute Gasteiger partial charge is 0.296 e. The molecule has 1 aliphatic heterocycles. The van der Waals surface area contributed by atoms with Crippen molar-refractivity contribution in [3.05, 3.63) is 59.2 Å². The maximum atomic E-state index is 13.4. The quantitative estimate of drug-likeness (QED) is 0.247. The van der Waals surface area contributed by atoms with Crippen LogP contribution in [0.2, 0.25) is 0 Å². The van der Waals surface area contributed by atoms with E-state index in [9.17, 15) is 31.1 Å². The Hall–Kier alpha value is -2.75. The maximum absolute atomic E-state index is 13.4. The molecule has 0 N–H and O–H groups in total. The normalized spacial score (nSPS) is 17.4. The minimum absolute atomic E-state index is 0.0473. The third kappa shape index (κ3) is 7.63. The number of benzene rings is 2. The van der Waals surface area contributed by atoms with Gasteiger partial charge in [0.15, 0.2) is 11.4 Å². The second kappa shape index (κ2) is 11.8. The molecule has 0 aliphatic carbocycles. The van der Waals surface area contributed by atoms with E-state index in [2.05, 4.69) is 0 Å². The van der Waals surface area contributed by atoms with Crippen molar-refractivity contribution in [2.24, 2.45) is 0 Å². The summed E-state index contributed by atoms with van der Waals surface area (Å²) in [5.41, 5.74) is -1.99. The average Bonchev–Trinajstić information content (AvgIpc) is 3.59. The van der Waals surface area contributed by atoms with Gasteiger partial charge in [0.05, 0.1) is 20.8 Å². The highest BCUT2D eigenvalue weighted by atomic mass is 19.3. The molecule has 1 atom stereocenters. The van der Waals surface area contributed by atoms with Gasteiger partial charge in [0, 0.05) is 23.0 Å². The van der Waals surface area contributed by atoms with Crippen LogP contribution in [0.5, 0.6) is 11.5 Å². The van der Waals surface area contributed by atoms with Crippen LogP contribution in [0.25, 0.3) is 0 Å². The van der Waals surface area contributed by atoms with Crippen LogP contribution in [0.4, 0.5) is 26.3 Å². The van der Waals surface area contributed by atoms with Crippen molar-refractivity contribution in [2.45, 2.75) is 69.8 Å². The van der Waals surface area contributed by atoms with Gasteiger partial charge in [-0.1, -0.05) is 27.7 Å². The Morgan fingerprint density at radius 1 is 0.892 bits per heavy atom. The van der Waals surface area contributed by atoms with E-state index in [0.29, 0.717) is 22.6 Å². The SMILES string of the molecule is COc1ccc(F)cc1C(C)(C)CC(=O)C(F)F.COc1ccc(F)cc1C(C)(C)CC1(C(F)F)CO1. The summed E-state index contributed by atoms with van der Waals surface area (Å²) in [5.74, 6) is -1.19. The molecule has 10 heteroatoms. The molecule has 0 aromatic heterocycles. The fourth-order valence-electron chi connectivity index (χ4n) is 4.27. The van der Waals surface area contributed by atoms with Gasteiger partial charge < -0.3 is 14.2 Å². The van der Waals surface area contributed by atoms with Crippen LogP contribution < -0.4 is 9.47 Å². The lowest BCUT2D eigenvalue weighted by molar-refractivity contribution is -0.130. The number of Topliss-reactive ketones (excluding diaryl/α,β-unsaturated/α-hetero) is 1. The number of carbonyl (C=O) groups is 1. The van der Waals surface area contributed by atoms with E-state index in [4.69, 9.17) is 14.2 Å². The number of epoxide rings is 1. The molecule has 206 valence electrons. The average molecular weight is 535 g/mol. The number of alkyl halides is 4. The molecule has 4 nitrogen and oxygen atoms in total. The first-order valence-corrected chi connectivity index (χ1v) is 11.5. The zero-order chi connectivity index (χ0) is 28.2. The number of halogens is 6. The molecule has 2 aromatic carbocycles. The van der Waals surface area contributed by atoms with Gasteiger partial charge in [0.25, 0.3) is 12.9 Å². The fourth-order valence-corrected chi connectivity index (χ4v) is 4.27. The summed E-state index contributed by atoms with van der Waals surface area (Å²) in [6.07, 6.45) is -5.79. The molecule has 1 unspecified atom stereocenters. The minimum atomic E-state index is -3.01. The lowest BCUT2D eigenvalue weighted by atomic mass is 9.76. The number of carbonyl (C=O) groups excluding carboxylic acids is 1. The highest BCUT2D eigenvalue weighted by Crippen LogP contribution is 2.46. The van der Waals surface area contributed by atoms with E-state index in [0.717, 1.165) is 0 Å². The van der Waals surface area contributed by atoms with E-state index in [1.807, 2.05) is 0 Å². The predicted octanol–water partition coefficient (Wildman–Crippen LogP) is 6.87. The van der Waals surface area contributed by atoms with E-state index < -0.39 is 46.7 Å². The topological polar surface area (TPSA) is 48.1 Å². The van der Waals surface area contributed by atoms with Crippen molar-refractivity contribution in [1.82, 2.24) is 0 Å². The van der Waals surface area contributed by atoms with Crippen LogP contribution in [-0.2, 0) is 20.4 Å². The van der Waals surface area contributed by atoms with Crippen LogP contribution in [0.15, 0.2) is 36.4 Å². The standard InChI is InChI=1S/C14H17F3O2.C13H15F3O2/c1-13(2,7-14(8-19-14)12(16)17)10-6-9(15)4-5-11(10)18-3;1-13(2,7-10(17)12(15)16)9-6-8(14)4-5-11(9)18-3/h4-6,12H,7-8H2,1-3H3;4-6,12H,7H2,1-3H3. The Morgan fingerprint density at radius 3 is 1.68 bits per heavy atom. The third-order valence-electron chi connectivity index (χ3n) is 6.29. The zero-order valence-electron chi connectivity index (χ0n) is 21.6. The third-order valence-corrected chi connectivity index (χ3v) is 6.29. The molecule has 0 bridgehead atoms. The first-order valence-electron chi connectivity index (χ1n) is 11.5. The van der Waals surface area contributed by atoms with Gasteiger partial charge in [-0.3, -0.25) is 4.79 Å². The van der Waals surface area contributed by atoms with Crippen LogP contribution >= 0.6 is 0 Å². The second-order valence-electron chi connectivity index (χ2n) is 10.2. The molecule has 1 heterocycles. The Kier molecular flexibility index (Phi) is 9.68. The monoisotopic (exact) mass is 534 g/mol. The van der Waals surface area contributed by atoms with Gasteiger partial charge in [-0.25, -0.2) is 26.3 Å². The highest BCUT2D eigenvalue weighted by Gasteiger charge is 2.56. The van der Waals surface area contributed by atoms with Crippen LogP contribution in [0.3, 0.4) is 0 Å². The Labute approximate surface area is 212 Å². The summed E-state index contributed by atoms with van der Waals surface area (Å²) >= 11 is 0. The van der Waals surface area contributed by atoms with Gasteiger partial charge in [-0.2, -0.15) is 0 Å². The number of hydrogen-bond donors (Lipinski definition) is 0. The molecule has 0 saturated carbocycles. The number of hydrogen-bond acceptors (Lipinski definition) is 4. The van der Waals surface area contributed by atoms with Crippen molar-refractivity contribution in [3.8, 4) is 11.5 Å². The Morgan fingerprint density at radius 2 is 1.32 bits per heavy atom. The van der Waals surface area contributed by atoms with Crippen molar-refractivity contribution in [3.63, 3.8) is 0 Å². The molecule has 1 fully saturated rings. The van der Waals surface area contributed by atoms with E-state index in [-0.39, 0.29) is 19.4 Å². The van der Waals surface area contributed by atoms with Crippen molar-refractivity contribution < 1.29 is 45.3 Å². The van der Waals surface area contributed by atoms with Gasteiger partial charge in [0.2, 0.25) is 0 Å². The summed E-state index contributed by atoms with van der Waals surface area (Å²) in [7, 11) is 2.88. The molecule has 37 heavy (non-hydrogen) atoms. The van der Waals surface area contributed by atoms with Crippen LogP contribution in [0.1, 0.15) is 51.7 Å². The number of rotatable bonds is 10. The van der Waals surface area contributed by atoms with Crippen molar-refractivity contribution >= 4 is 5.78 Å². The molecule has 0 amide bonds. The number of ether oxygens (including phenoxy) is 3. The molecule has 2 aromatic rings. The number of ketones is 1. The fraction of sp³-hybridized carbons (Fsp3) is 0.519. The molecule has 0 spiro atoms. The summed E-state index contributed by atoms with van der Waals surface area (Å²) in [6.45, 7) is 6.83. The summed E-state index contributed by atoms with van der Waals surface area (Å²) in [5, 5.41) is 0. The Balaban J connectivity index is 0.000000261. The first kappa shape index (κ1) is 30.5. The lowest BCUT2D eigenvalue weighted by Crippen LogP contribution is -2.32. The van der Waals surface area contributed by atoms with E-state index in [1.54, 1.807) is 27.7 Å². The molecule has 3 rings (SSSR count). The van der Waals surface area contributed by atoms with Crippen LogP contribution in [0, 0.1) is 11.6 Å². The number of methoxy groups -OCH3 is 2. The first-order chi connectivity index (χ1) is 17.1. The van der Waals surface area contributed by atoms with Gasteiger partial charge in [-0.15, -0.1) is 0 Å². The molecule has 1 aliphatic rings. The highest BCUT2D eigenvalue weighted by molar-refractivity contribution is 5.83. The predicted molar refractivity (Wildman–Crippen MR) is 127 cm³/mol. The van der Waals surface area contributed by atoms with Crippen LogP contribution in [-0.4, -0.2) is 45.1 Å². The lowest BCUT2D eigenvalue weighted by Gasteiger charge is -2.29. The second-order valence-corrected chi connectivity index (χ2v) is 10.2. The minimum Gasteiger partial charge on any atom is -0.496 e.